The number of aromatic nitrogens is 2. The number of pyridine rings is 1. The minimum atomic E-state index is -0.142. The molecular weight excluding hydrogens is 406 g/mol. The van der Waals surface area contributed by atoms with Gasteiger partial charge in [-0.2, -0.15) is 0 Å². The zero-order valence-corrected chi connectivity index (χ0v) is 17.0. The quantitative estimate of drug-likeness (QED) is 0.669. The van der Waals surface area contributed by atoms with Crippen LogP contribution in [-0.4, -0.2) is 54.0 Å². The van der Waals surface area contributed by atoms with Gasteiger partial charge in [0.2, 0.25) is 0 Å². The summed E-state index contributed by atoms with van der Waals surface area (Å²) in [7, 11) is 2.15. The Morgan fingerprint density at radius 3 is 2.74 bits per heavy atom. The highest BCUT2D eigenvalue weighted by molar-refractivity contribution is 9.10. The van der Waals surface area contributed by atoms with Crippen LogP contribution >= 0.6 is 15.9 Å². The fraction of sp³-hybridized carbons (Fsp3) is 0.300. The second-order valence-electron chi connectivity index (χ2n) is 7.00. The summed E-state index contributed by atoms with van der Waals surface area (Å²) in [6, 6.07) is 8.12. The number of piperazine rings is 1. The molecule has 6 nitrogen and oxygen atoms in total. The molecule has 0 aliphatic carbocycles. The zero-order chi connectivity index (χ0) is 19.0. The molecule has 27 heavy (non-hydrogen) atoms. The maximum absolute atomic E-state index is 12.8. The minimum absolute atomic E-state index is 0.142. The molecule has 2 aromatic heterocycles. The van der Waals surface area contributed by atoms with Crippen molar-refractivity contribution in [3.8, 4) is 0 Å². The number of hydrogen-bond acceptors (Lipinski definition) is 4. The first-order chi connectivity index (χ1) is 13.0. The lowest BCUT2D eigenvalue weighted by atomic mass is 10.1. The van der Waals surface area contributed by atoms with E-state index < -0.39 is 0 Å². The third-order valence-electron chi connectivity index (χ3n) is 5.07. The first kappa shape index (κ1) is 18.0. The molecular formula is C20H22BrN5O. The van der Waals surface area contributed by atoms with Gasteiger partial charge in [0.15, 0.2) is 0 Å². The number of aryl methyl sites for hydroxylation is 1. The Labute approximate surface area is 166 Å². The largest absolute Gasteiger partial charge is 0.369 e. The molecule has 0 unspecified atom stereocenters. The number of amides is 1. The van der Waals surface area contributed by atoms with Crippen LogP contribution in [0.15, 0.2) is 41.1 Å². The maximum atomic E-state index is 12.8. The van der Waals surface area contributed by atoms with E-state index in [4.69, 9.17) is 0 Å². The van der Waals surface area contributed by atoms with Crippen LogP contribution < -0.4 is 10.2 Å². The van der Waals surface area contributed by atoms with Gasteiger partial charge in [-0.3, -0.25) is 4.79 Å². The van der Waals surface area contributed by atoms with Crippen molar-refractivity contribution in [3.63, 3.8) is 0 Å². The highest BCUT2D eigenvalue weighted by atomic mass is 79.9. The number of benzene rings is 1. The molecule has 1 fully saturated rings. The van der Waals surface area contributed by atoms with E-state index in [1.54, 1.807) is 12.4 Å². The lowest BCUT2D eigenvalue weighted by molar-refractivity contribution is 0.102. The normalized spacial score (nSPS) is 15.3. The number of rotatable bonds is 3. The molecule has 1 aliphatic heterocycles. The van der Waals surface area contributed by atoms with Gasteiger partial charge in [-0.25, -0.2) is 4.98 Å². The number of fused-ring (bicyclic) bond motifs is 1. The Kier molecular flexibility index (Phi) is 4.88. The summed E-state index contributed by atoms with van der Waals surface area (Å²) in [5.74, 6) is -0.142. The van der Waals surface area contributed by atoms with Crippen LogP contribution in [0.25, 0.3) is 11.0 Å². The van der Waals surface area contributed by atoms with Gasteiger partial charge in [0.25, 0.3) is 5.91 Å². The number of nitrogens with zero attached hydrogens (tertiary/aromatic N) is 3. The average Bonchev–Trinajstić information content (AvgIpc) is 3.07. The Hall–Kier alpha value is -2.38. The Morgan fingerprint density at radius 1 is 1.22 bits per heavy atom. The van der Waals surface area contributed by atoms with Gasteiger partial charge in [0, 0.05) is 59.8 Å². The highest BCUT2D eigenvalue weighted by Crippen LogP contribution is 2.26. The predicted octanol–water partition coefficient (Wildman–Crippen LogP) is 3.64. The summed E-state index contributed by atoms with van der Waals surface area (Å²) in [6.45, 7) is 6.23. The maximum Gasteiger partial charge on any atom is 0.257 e. The number of nitrogens with one attached hydrogen (secondary N) is 2. The number of anilines is 2. The second kappa shape index (κ2) is 7.32. The van der Waals surface area contributed by atoms with Crippen molar-refractivity contribution in [2.75, 3.05) is 43.4 Å². The monoisotopic (exact) mass is 427 g/mol. The molecule has 0 radical (unpaired) electrons. The second-order valence-corrected chi connectivity index (χ2v) is 7.91. The van der Waals surface area contributed by atoms with Gasteiger partial charge in [-0.1, -0.05) is 0 Å². The van der Waals surface area contributed by atoms with Gasteiger partial charge in [-0.15, -0.1) is 0 Å². The van der Waals surface area contributed by atoms with Gasteiger partial charge in [0.05, 0.1) is 5.56 Å². The molecule has 140 valence electrons. The SMILES string of the molecule is Cc1cc(N2CCN(C)CC2)ccc1NC(=O)c1c[nH]c2ncc(Br)cc12. The zero-order valence-electron chi connectivity index (χ0n) is 15.4. The van der Waals surface area contributed by atoms with Gasteiger partial charge in [-0.05, 0) is 59.7 Å². The smallest absolute Gasteiger partial charge is 0.257 e. The molecule has 4 rings (SSSR count). The van der Waals surface area contributed by atoms with Crippen LogP contribution in [-0.2, 0) is 0 Å². The summed E-state index contributed by atoms with van der Waals surface area (Å²) in [6.07, 6.45) is 3.41. The first-order valence-corrected chi connectivity index (χ1v) is 9.79. The van der Waals surface area contributed by atoms with E-state index in [2.05, 4.69) is 60.2 Å². The van der Waals surface area contributed by atoms with Crippen molar-refractivity contribution in [2.24, 2.45) is 0 Å². The number of hydrogen-bond donors (Lipinski definition) is 2. The van der Waals surface area contributed by atoms with Crippen LogP contribution in [0.5, 0.6) is 0 Å². The van der Waals surface area contributed by atoms with Crippen molar-refractivity contribution < 1.29 is 4.79 Å². The van der Waals surface area contributed by atoms with Gasteiger partial charge >= 0.3 is 0 Å². The summed E-state index contributed by atoms with van der Waals surface area (Å²) in [5.41, 5.74) is 4.37. The molecule has 0 spiro atoms. The molecule has 0 saturated carbocycles. The third-order valence-corrected chi connectivity index (χ3v) is 5.50. The first-order valence-electron chi connectivity index (χ1n) is 8.99. The highest BCUT2D eigenvalue weighted by Gasteiger charge is 2.17. The van der Waals surface area contributed by atoms with Gasteiger partial charge in [0.1, 0.15) is 5.65 Å². The average molecular weight is 428 g/mol. The Balaban J connectivity index is 1.53. The third kappa shape index (κ3) is 3.70. The lowest BCUT2D eigenvalue weighted by Crippen LogP contribution is -2.44. The lowest BCUT2D eigenvalue weighted by Gasteiger charge is -2.34. The van der Waals surface area contributed by atoms with E-state index in [9.17, 15) is 4.79 Å². The van der Waals surface area contributed by atoms with E-state index in [1.165, 1.54) is 5.69 Å². The number of likely N-dealkylation sites (N-methyl/N-ethyl adjacent to an activating group) is 1. The fourth-order valence-electron chi connectivity index (χ4n) is 3.40. The number of carbonyl (C=O) groups excluding carboxylic acids is 1. The Bertz CT molecular complexity index is 991. The topological polar surface area (TPSA) is 64.3 Å². The molecule has 0 bridgehead atoms. The van der Waals surface area contributed by atoms with Crippen LogP contribution in [0.1, 0.15) is 15.9 Å². The molecule has 1 saturated heterocycles. The van der Waals surface area contributed by atoms with Crippen LogP contribution in [0, 0.1) is 6.92 Å². The number of aromatic amines is 1. The van der Waals surface area contributed by atoms with Crippen molar-refractivity contribution in [3.05, 3.63) is 52.3 Å². The minimum Gasteiger partial charge on any atom is -0.369 e. The summed E-state index contributed by atoms with van der Waals surface area (Å²) >= 11 is 3.41. The molecule has 1 aromatic carbocycles. The van der Waals surface area contributed by atoms with E-state index in [0.717, 1.165) is 47.3 Å². The molecule has 3 heterocycles. The predicted molar refractivity (Wildman–Crippen MR) is 113 cm³/mol. The van der Waals surface area contributed by atoms with Crippen molar-refractivity contribution in [1.82, 2.24) is 14.9 Å². The molecule has 7 heteroatoms. The number of H-pyrrole nitrogens is 1. The summed E-state index contributed by atoms with van der Waals surface area (Å²) in [5, 5.41) is 3.83. The van der Waals surface area contributed by atoms with Gasteiger partial charge < -0.3 is 20.1 Å². The summed E-state index contributed by atoms with van der Waals surface area (Å²) < 4.78 is 0.844. The van der Waals surface area contributed by atoms with Crippen LogP contribution in [0.4, 0.5) is 11.4 Å². The van der Waals surface area contributed by atoms with E-state index in [0.29, 0.717) is 11.2 Å². The van der Waals surface area contributed by atoms with E-state index >= 15 is 0 Å². The van der Waals surface area contributed by atoms with Crippen molar-refractivity contribution in [1.29, 1.82) is 0 Å². The van der Waals surface area contributed by atoms with Crippen molar-refractivity contribution in [2.45, 2.75) is 6.92 Å². The molecule has 0 atom stereocenters. The Morgan fingerprint density at radius 2 is 2.00 bits per heavy atom. The van der Waals surface area contributed by atoms with E-state index in [-0.39, 0.29) is 5.91 Å². The number of halogens is 1. The van der Waals surface area contributed by atoms with Crippen molar-refractivity contribution >= 4 is 44.2 Å². The molecule has 1 amide bonds. The fourth-order valence-corrected chi connectivity index (χ4v) is 3.74. The van der Waals surface area contributed by atoms with Crippen LogP contribution in [0.3, 0.4) is 0 Å². The van der Waals surface area contributed by atoms with E-state index in [1.807, 2.05) is 19.1 Å². The standard InChI is InChI=1S/C20H22BrN5O/c1-13-9-15(26-7-5-25(2)6-8-26)3-4-18(13)24-20(27)17-12-23-19-16(17)10-14(21)11-22-19/h3-4,9-12H,5-8H2,1-2H3,(H,22,23)(H,24,27). The summed E-state index contributed by atoms with van der Waals surface area (Å²) in [4.78, 5) is 24.8. The molecule has 3 aromatic rings. The number of carbonyl (C=O) groups is 1. The molecule has 1 aliphatic rings. The molecule has 2 N–H and O–H groups in total. The van der Waals surface area contributed by atoms with Crippen LogP contribution in [0.2, 0.25) is 0 Å².